The molecule has 3 atom stereocenters. The number of esters is 2. The highest BCUT2D eigenvalue weighted by atomic mass is 16.5. The fourth-order valence-electron chi connectivity index (χ4n) is 6.38. The predicted octanol–water partition coefficient (Wildman–Crippen LogP) is 4.45. The van der Waals surface area contributed by atoms with Gasteiger partial charge in [-0.1, -0.05) is 0 Å². The summed E-state index contributed by atoms with van der Waals surface area (Å²) in [6.45, 7) is 3.31. The zero-order valence-electron chi connectivity index (χ0n) is 23.8. The first-order valence-electron chi connectivity index (χ1n) is 13.7. The standard InChI is InChI=1S/C32H30O11/c1-12(33)5-16-7-15-9-18-26(30(37)24(15)32(39)43-16)20(35)11-22(41-4)28(18)27-17-8-14-6-13(2)42-31(38)23(14)29(36)25(17)19(34)10-21(27)40-3/h8-13,16,33-37H,5-7H2,1-4H3/t12-,13?,16?/m1/s1. The Morgan fingerprint density at radius 3 is 1.70 bits per heavy atom. The third-order valence-corrected chi connectivity index (χ3v) is 8.08. The second-order valence-corrected chi connectivity index (χ2v) is 11.0. The molecule has 0 bridgehead atoms. The van der Waals surface area contributed by atoms with E-state index in [2.05, 4.69) is 0 Å². The van der Waals surface area contributed by atoms with Gasteiger partial charge in [-0.05, 0) is 37.1 Å². The van der Waals surface area contributed by atoms with Gasteiger partial charge in [-0.3, -0.25) is 0 Å². The molecule has 11 nitrogen and oxygen atoms in total. The van der Waals surface area contributed by atoms with Crippen LogP contribution < -0.4 is 9.47 Å². The summed E-state index contributed by atoms with van der Waals surface area (Å²) in [4.78, 5) is 25.7. The number of hydrogen-bond acceptors (Lipinski definition) is 11. The number of cyclic esters (lactones) is 2. The van der Waals surface area contributed by atoms with Gasteiger partial charge in [-0.15, -0.1) is 0 Å². The molecule has 2 aliphatic heterocycles. The van der Waals surface area contributed by atoms with Gasteiger partial charge in [0, 0.05) is 53.3 Å². The van der Waals surface area contributed by atoms with Crippen LogP contribution in [0.5, 0.6) is 34.5 Å². The van der Waals surface area contributed by atoms with E-state index in [1.807, 2.05) is 0 Å². The lowest BCUT2D eigenvalue weighted by Gasteiger charge is -2.28. The number of methoxy groups -OCH3 is 2. The molecule has 6 rings (SSSR count). The smallest absolute Gasteiger partial charge is 0.342 e. The SMILES string of the molecule is COc1cc(O)c2c(O)c3c(cc2c1-c1c(OC)cc(O)c2c(O)c4c(cc12)CC(C[C@@H](C)O)OC4=O)CC(C)OC3=O. The van der Waals surface area contributed by atoms with Crippen molar-refractivity contribution in [2.24, 2.45) is 0 Å². The minimum Gasteiger partial charge on any atom is -0.507 e. The molecule has 0 spiro atoms. The zero-order chi connectivity index (χ0) is 30.9. The van der Waals surface area contributed by atoms with Crippen LogP contribution in [0.2, 0.25) is 0 Å². The minimum atomic E-state index is -0.784. The maximum absolute atomic E-state index is 13.0. The van der Waals surface area contributed by atoms with E-state index in [1.54, 1.807) is 26.0 Å². The first kappa shape index (κ1) is 28.2. The monoisotopic (exact) mass is 590 g/mol. The van der Waals surface area contributed by atoms with Crippen LogP contribution in [0, 0.1) is 0 Å². The molecule has 0 saturated heterocycles. The van der Waals surface area contributed by atoms with Crippen LogP contribution in [0.25, 0.3) is 32.7 Å². The molecule has 4 aromatic carbocycles. The van der Waals surface area contributed by atoms with Gasteiger partial charge in [0.1, 0.15) is 57.8 Å². The molecule has 0 aliphatic carbocycles. The lowest BCUT2D eigenvalue weighted by atomic mass is 9.85. The number of hydrogen-bond donors (Lipinski definition) is 5. The molecular weight excluding hydrogens is 560 g/mol. The van der Waals surface area contributed by atoms with E-state index in [9.17, 15) is 35.1 Å². The molecular formula is C32H30O11. The van der Waals surface area contributed by atoms with Crippen molar-refractivity contribution in [3.8, 4) is 45.6 Å². The number of aliphatic hydroxyl groups excluding tert-OH is 1. The molecule has 5 N–H and O–H groups in total. The lowest BCUT2D eigenvalue weighted by molar-refractivity contribution is 0.0120. The molecule has 43 heavy (non-hydrogen) atoms. The van der Waals surface area contributed by atoms with Crippen LogP contribution in [0.4, 0.5) is 0 Å². The molecule has 2 unspecified atom stereocenters. The number of aliphatic hydroxyl groups is 1. The van der Waals surface area contributed by atoms with Crippen LogP contribution in [0.15, 0.2) is 24.3 Å². The Morgan fingerprint density at radius 1 is 0.767 bits per heavy atom. The summed E-state index contributed by atoms with van der Waals surface area (Å²) in [5.74, 6) is -2.84. The van der Waals surface area contributed by atoms with Gasteiger partial charge in [0.25, 0.3) is 0 Å². The van der Waals surface area contributed by atoms with Crippen molar-refractivity contribution in [1.29, 1.82) is 0 Å². The molecule has 0 saturated carbocycles. The maximum atomic E-state index is 13.0. The molecule has 11 heteroatoms. The highest BCUT2D eigenvalue weighted by molar-refractivity contribution is 6.18. The molecule has 0 fully saturated rings. The number of aromatic hydroxyl groups is 4. The molecule has 2 heterocycles. The van der Waals surface area contributed by atoms with E-state index in [0.29, 0.717) is 34.1 Å². The second kappa shape index (κ2) is 10.1. The largest absolute Gasteiger partial charge is 0.507 e. The van der Waals surface area contributed by atoms with Crippen molar-refractivity contribution in [3.63, 3.8) is 0 Å². The van der Waals surface area contributed by atoms with Gasteiger partial charge >= 0.3 is 11.9 Å². The fraction of sp³-hybridized carbons (Fsp3) is 0.312. The van der Waals surface area contributed by atoms with Crippen LogP contribution in [-0.2, 0) is 22.3 Å². The second-order valence-electron chi connectivity index (χ2n) is 11.0. The van der Waals surface area contributed by atoms with Gasteiger partial charge in [0.05, 0.1) is 31.1 Å². The van der Waals surface area contributed by atoms with Crippen molar-refractivity contribution >= 4 is 33.5 Å². The average molecular weight is 591 g/mol. The zero-order valence-corrected chi connectivity index (χ0v) is 23.8. The third kappa shape index (κ3) is 4.30. The molecule has 4 aromatic rings. The van der Waals surface area contributed by atoms with Crippen LogP contribution >= 0.6 is 0 Å². The third-order valence-electron chi connectivity index (χ3n) is 8.08. The number of fused-ring (bicyclic) bond motifs is 4. The summed E-state index contributed by atoms with van der Waals surface area (Å²) in [5.41, 5.74) is 1.44. The molecule has 2 aliphatic rings. The number of phenols is 4. The van der Waals surface area contributed by atoms with Crippen LogP contribution in [-0.4, -0.2) is 70.0 Å². The fourth-order valence-corrected chi connectivity index (χ4v) is 6.38. The van der Waals surface area contributed by atoms with E-state index >= 15 is 0 Å². The number of benzene rings is 4. The van der Waals surface area contributed by atoms with E-state index < -0.39 is 41.7 Å². The van der Waals surface area contributed by atoms with Gasteiger partial charge in [0.2, 0.25) is 0 Å². The van der Waals surface area contributed by atoms with Crippen molar-refractivity contribution in [2.45, 2.75) is 51.4 Å². The van der Waals surface area contributed by atoms with Crippen molar-refractivity contribution < 1.29 is 54.1 Å². The van der Waals surface area contributed by atoms with Gasteiger partial charge in [0.15, 0.2) is 0 Å². The Hall–Kier alpha value is -4.90. The van der Waals surface area contributed by atoms with E-state index in [0.717, 1.165) is 0 Å². The number of carbonyl (C=O) groups excluding carboxylic acids is 2. The number of ether oxygens (including phenoxy) is 4. The Morgan fingerprint density at radius 2 is 1.23 bits per heavy atom. The van der Waals surface area contributed by atoms with Gasteiger partial charge in [-0.25, -0.2) is 9.59 Å². The van der Waals surface area contributed by atoms with E-state index in [-0.39, 0.29) is 63.1 Å². The van der Waals surface area contributed by atoms with Crippen LogP contribution in [0.1, 0.15) is 52.1 Å². The predicted molar refractivity (Wildman–Crippen MR) is 154 cm³/mol. The first-order chi connectivity index (χ1) is 20.4. The summed E-state index contributed by atoms with van der Waals surface area (Å²) in [6, 6.07) is 5.88. The maximum Gasteiger partial charge on any atom is 0.342 e. The molecule has 0 aromatic heterocycles. The minimum absolute atomic E-state index is 0.0351. The summed E-state index contributed by atoms with van der Waals surface area (Å²) in [7, 11) is 2.79. The normalized spacial score (nSPS) is 18.5. The molecule has 0 radical (unpaired) electrons. The van der Waals surface area contributed by atoms with Crippen LogP contribution in [0.3, 0.4) is 0 Å². The first-order valence-corrected chi connectivity index (χ1v) is 13.7. The van der Waals surface area contributed by atoms with Gasteiger partial charge < -0.3 is 44.5 Å². The summed E-state index contributed by atoms with van der Waals surface area (Å²) < 4.78 is 22.2. The van der Waals surface area contributed by atoms with E-state index in [1.165, 1.54) is 26.4 Å². The Kier molecular flexibility index (Phi) is 6.65. The average Bonchev–Trinajstić information content (AvgIpc) is 2.91. The molecule has 0 amide bonds. The highest BCUT2D eigenvalue weighted by Gasteiger charge is 2.35. The van der Waals surface area contributed by atoms with Gasteiger partial charge in [-0.2, -0.15) is 0 Å². The summed E-state index contributed by atoms with van der Waals surface area (Å²) >= 11 is 0. The lowest BCUT2D eigenvalue weighted by Crippen LogP contribution is -2.30. The van der Waals surface area contributed by atoms with E-state index in [4.69, 9.17) is 18.9 Å². The summed E-state index contributed by atoms with van der Waals surface area (Å²) in [6.07, 6.45) is -1.16. The van der Waals surface area contributed by atoms with Crippen molar-refractivity contribution in [3.05, 3.63) is 46.5 Å². The Bertz CT molecular complexity index is 1860. The summed E-state index contributed by atoms with van der Waals surface area (Å²) in [5, 5.41) is 55.2. The topological polar surface area (TPSA) is 172 Å². The van der Waals surface area contributed by atoms with Crippen molar-refractivity contribution in [2.75, 3.05) is 14.2 Å². The highest BCUT2D eigenvalue weighted by Crippen LogP contribution is 2.54. The number of rotatable bonds is 5. The Balaban J connectivity index is 1.75. The molecule has 224 valence electrons. The quantitative estimate of drug-likeness (QED) is 0.208. The number of phenolic OH excluding ortho intramolecular Hbond substituents is 4. The Labute approximate surface area is 245 Å². The van der Waals surface area contributed by atoms with Crippen molar-refractivity contribution in [1.82, 2.24) is 0 Å². The number of carbonyl (C=O) groups is 2.